The molecule has 1 saturated carbocycles. The molecule has 3 N–H and O–H groups in total. The summed E-state index contributed by atoms with van der Waals surface area (Å²) in [5.41, 5.74) is 0. The zero-order valence-electron chi connectivity index (χ0n) is 9.29. The van der Waals surface area contributed by atoms with Gasteiger partial charge in [0.05, 0.1) is 24.9 Å². The van der Waals surface area contributed by atoms with Crippen molar-refractivity contribution in [1.82, 2.24) is 0 Å². The van der Waals surface area contributed by atoms with E-state index in [2.05, 4.69) is 0 Å². The molecule has 2 fully saturated rings. The molecule has 1 aliphatic carbocycles. The Morgan fingerprint density at radius 1 is 1.00 bits per heavy atom. The highest BCUT2D eigenvalue weighted by molar-refractivity contribution is 4.77. The Bertz CT molecular complexity index is 222. The summed E-state index contributed by atoms with van der Waals surface area (Å²) in [4.78, 5) is 0. The first-order valence-corrected chi connectivity index (χ1v) is 5.96. The second-order valence-electron chi connectivity index (χ2n) is 4.74. The van der Waals surface area contributed by atoms with Crippen LogP contribution in [0.1, 0.15) is 32.1 Å². The largest absolute Gasteiger partial charge is 0.393 e. The van der Waals surface area contributed by atoms with E-state index in [1.165, 1.54) is 0 Å². The molecule has 0 unspecified atom stereocenters. The Morgan fingerprint density at radius 2 is 1.81 bits per heavy atom. The molecule has 5 nitrogen and oxygen atoms in total. The van der Waals surface area contributed by atoms with E-state index in [9.17, 15) is 15.3 Å². The van der Waals surface area contributed by atoms with Crippen LogP contribution in [-0.4, -0.2) is 52.6 Å². The molecule has 0 spiro atoms. The molecule has 0 radical (unpaired) electrons. The molecule has 1 saturated heterocycles. The Labute approximate surface area is 95.0 Å². The van der Waals surface area contributed by atoms with Gasteiger partial charge in [0, 0.05) is 6.42 Å². The number of aliphatic hydroxyl groups excluding tert-OH is 3. The lowest BCUT2D eigenvalue weighted by molar-refractivity contribution is -0.257. The maximum Gasteiger partial charge on any atom is 0.183 e. The zero-order chi connectivity index (χ0) is 11.5. The maximum atomic E-state index is 9.66. The van der Waals surface area contributed by atoms with Crippen LogP contribution in [0.2, 0.25) is 0 Å². The molecule has 0 aromatic heterocycles. The van der Waals surface area contributed by atoms with Crippen molar-refractivity contribution in [2.75, 3.05) is 6.61 Å². The molecule has 0 amide bonds. The summed E-state index contributed by atoms with van der Waals surface area (Å²) in [5.74, 6) is 0. The number of ether oxygens (including phenoxy) is 2. The Balaban J connectivity index is 1.80. The minimum absolute atomic E-state index is 0.0429. The van der Waals surface area contributed by atoms with Gasteiger partial charge in [-0.3, -0.25) is 0 Å². The van der Waals surface area contributed by atoms with Crippen molar-refractivity contribution in [2.45, 2.75) is 62.8 Å². The van der Waals surface area contributed by atoms with Gasteiger partial charge in [-0.15, -0.1) is 0 Å². The SMILES string of the molecule is O[C@@H]1CO[C@H](O[C@@H]2CCC[C@H](O)C2)[C@H](O)C1. The van der Waals surface area contributed by atoms with Crippen molar-refractivity contribution in [3.05, 3.63) is 0 Å². The van der Waals surface area contributed by atoms with Crippen LogP contribution in [0.3, 0.4) is 0 Å². The molecule has 0 bridgehead atoms. The van der Waals surface area contributed by atoms with Crippen molar-refractivity contribution in [2.24, 2.45) is 0 Å². The van der Waals surface area contributed by atoms with Gasteiger partial charge in [-0.1, -0.05) is 0 Å². The summed E-state index contributed by atoms with van der Waals surface area (Å²) in [6.45, 7) is 0.205. The van der Waals surface area contributed by atoms with Crippen LogP contribution < -0.4 is 0 Å². The van der Waals surface area contributed by atoms with E-state index < -0.39 is 18.5 Å². The fourth-order valence-electron chi connectivity index (χ4n) is 2.34. The van der Waals surface area contributed by atoms with Crippen molar-refractivity contribution < 1.29 is 24.8 Å². The third kappa shape index (κ3) is 3.15. The highest BCUT2D eigenvalue weighted by Crippen LogP contribution is 2.25. The molecule has 5 atom stereocenters. The van der Waals surface area contributed by atoms with Crippen molar-refractivity contribution in [1.29, 1.82) is 0 Å². The minimum atomic E-state index is -0.775. The van der Waals surface area contributed by atoms with E-state index in [1.54, 1.807) is 0 Å². The normalized spacial score (nSPS) is 45.6. The van der Waals surface area contributed by atoms with Gasteiger partial charge in [-0.2, -0.15) is 0 Å². The summed E-state index contributed by atoms with van der Waals surface area (Å²) in [7, 11) is 0. The lowest BCUT2D eigenvalue weighted by Gasteiger charge is -2.35. The van der Waals surface area contributed by atoms with Gasteiger partial charge in [0.25, 0.3) is 0 Å². The van der Waals surface area contributed by atoms with E-state index >= 15 is 0 Å². The molecule has 1 aliphatic heterocycles. The fourth-order valence-corrected chi connectivity index (χ4v) is 2.34. The standard InChI is InChI=1S/C11H20O5/c12-7-2-1-3-9(4-7)16-11-10(14)5-8(13)6-15-11/h7-14H,1-6H2/t7-,8-,9+,10+,11+/m0/s1. The molecular weight excluding hydrogens is 212 g/mol. The van der Waals surface area contributed by atoms with Crippen LogP contribution >= 0.6 is 0 Å². The third-order valence-electron chi connectivity index (χ3n) is 3.21. The Morgan fingerprint density at radius 3 is 2.50 bits per heavy atom. The topological polar surface area (TPSA) is 79.2 Å². The molecule has 0 aromatic carbocycles. The third-order valence-corrected chi connectivity index (χ3v) is 3.21. The van der Waals surface area contributed by atoms with Gasteiger partial charge in [-0.25, -0.2) is 0 Å². The number of aliphatic hydroxyl groups is 3. The first-order chi connectivity index (χ1) is 7.65. The monoisotopic (exact) mass is 232 g/mol. The number of hydrogen-bond donors (Lipinski definition) is 3. The lowest BCUT2D eigenvalue weighted by Crippen LogP contribution is -2.45. The molecule has 1 heterocycles. The predicted molar refractivity (Wildman–Crippen MR) is 55.7 cm³/mol. The molecule has 2 aliphatic rings. The van der Waals surface area contributed by atoms with E-state index in [0.717, 1.165) is 19.3 Å². The number of rotatable bonds is 2. The highest BCUT2D eigenvalue weighted by atomic mass is 16.7. The van der Waals surface area contributed by atoms with E-state index in [0.29, 0.717) is 12.8 Å². The van der Waals surface area contributed by atoms with E-state index in [-0.39, 0.29) is 18.8 Å². The van der Waals surface area contributed by atoms with Crippen molar-refractivity contribution in [3.8, 4) is 0 Å². The van der Waals surface area contributed by atoms with E-state index in [1.807, 2.05) is 0 Å². The summed E-state index contributed by atoms with van der Waals surface area (Å²) >= 11 is 0. The van der Waals surface area contributed by atoms with Gasteiger partial charge in [0.1, 0.15) is 6.10 Å². The molecular formula is C11H20O5. The Kier molecular flexibility index (Phi) is 4.16. The maximum absolute atomic E-state index is 9.66. The smallest absolute Gasteiger partial charge is 0.183 e. The van der Waals surface area contributed by atoms with Gasteiger partial charge in [-0.05, 0) is 25.7 Å². The second-order valence-corrected chi connectivity index (χ2v) is 4.74. The average Bonchev–Trinajstić information content (AvgIpc) is 2.22. The summed E-state index contributed by atoms with van der Waals surface area (Å²) in [6, 6.07) is 0. The first kappa shape index (κ1) is 12.3. The summed E-state index contributed by atoms with van der Waals surface area (Å²) in [6.07, 6.45) is 1.18. The molecule has 16 heavy (non-hydrogen) atoms. The minimum Gasteiger partial charge on any atom is -0.393 e. The summed E-state index contributed by atoms with van der Waals surface area (Å²) in [5, 5.41) is 28.4. The van der Waals surface area contributed by atoms with Crippen molar-refractivity contribution in [3.63, 3.8) is 0 Å². The zero-order valence-corrected chi connectivity index (χ0v) is 9.29. The quantitative estimate of drug-likeness (QED) is 0.613. The van der Waals surface area contributed by atoms with Gasteiger partial charge in [0.2, 0.25) is 0 Å². The molecule has 94 valence electrons. The highest BCUT2D eigenvalue weighted by Gasteiger charge is 2.33. The van der Waals surface area contributed by atoms with Crippen LogP contribution in [-0.2, 0) is 9.47 Å². The molecule has 2 rings (SSSR count). The molecule has 0 aromatic rings. The second kappa shape index (κ2) is 5.42. The van der Waals surface area contributed by atoms with Crippen LogP contribution in [0.25, 0.3) is 0 Å². The molecule has 5 heteroatoms. The van der Waals surface area contributed by atoms with Crippen LogP contribution in [0.4, 0.5) is 0 Å². The van der Waals surface area contributed by atoms with Crippen LogP contribution in [0.5, 0.6) is 0 Å². The van der Waals surface area contributed by atoms with Gasteiger partial charge < -0.3 is 24.8 Å². The predicted octanol–water partition coefficient (Wildman–Crippen LogP) is -0.225. The van der Waals surface area contributed by atoms with Gasteiger partial charge >= 0.3 is 0 Å². The lowest BCUT2D eigenvalue weighted by atomic mass is 9.95. The fraction of sp³-hybridized carbons (Fsp3) is 1.00. The average molecular weight is 232 g/mol. The van der Waals surface area contributed by atoms with Gasteiger partial charge in [0.15, 0.2) is 6.29 Å². The van der Waals surface area contributed by atoms with E-state index in [4.69, 9.17) is 9.47 Å². The van der Waals surface area contributed by atoms with Crippen molar-refractivity contribution >= 4 is 0 Å². The first-order valence-electron chi connectivity index (χ1n) is 5.96. The summed E-state index contributed by atoms with van der Waals surface area (Å²) < 4.78 is 10.9. The Hall–Kier alpha value is -0.200. The number of hydrogen-bond acceptors (Lipinski definition) is 5. The van der Waals surface area contributed by atoms with Crippen LogP contribution in [0.15, 0.2) is 0 Å². The van der Waals surface area contributed by atoms with Crippen LogP contribution in [0, 0.1) is 0 Å².